The minimum Gasteiger partial charge on any atom is -0.359 e. The first-order valence-corrected chi connectivity index (χ1v) is 8.01. The van der Waals surface area contributed by atoms with Crippen molar-refractivity contribution in [3.8, 4) is 0 Å². The lowest BCUT2D eigenvalue weighted by molar-refractivity contribution is -0.123. The SMILES string of the molecule is CCC1(CC)CSC(=NC(C)C(=O)NC(C)(C)C)N1. The third-order valence-corrected chi connectivity index (χ3v) is 4.58. The minimum absolute atomic E-state index is 0.0205. The first-order chi connectivity index (χ1) is 8.71. The lowest BCUT2D eigenvalue weighted by Gasteiger charge is -2.25. The molecular formula is C14H27N3OS. The van der Waals surface area contributed by atoms with Crippen molar-refractivity contribution in [1.82, 2.24) is 10.6 Å². The van der Waals surface area contributed by atoms with Crippen molar-refractivity contribution in [3.63, 3.8) is 0 Å². The van der Waals surface area contributed by atoms with Crippen LogP contribution in [-0.4, -0.2) is 33.9 Å². The number of carbonyl (C=O) groups is 1. The van der Waals surface area contributed by atoms with E-state index in [1.165, 1.54) is 0 Å². The van der Waals surface area contributed by atoms with Gasteiger partial charge in [-0.2, -0.15) is 0 Å². The third-order valence-electron chi connectivity index (χ3n) is 3.40. The largest absolute Gasteiger partial charge is 0.359 e. The van der Waals surface area contributed by atoms with Gasteiger partial charge in [0.15, 0.2) is 5.17 Å². The number of amides is 1. The average molecular weight is 285 g/mol. The van der Waals surface area contributed by atoms with E-state index in [1.54, 1.807) is 11.8 Å². The van der Waals surface area contributed by atoms with Crippen LogP contribution >= 0.6 is 11.8 Å². The molecule has 5 heteroatoms. The van der Waals surface area contributed by atoms with Gasteiger partial charge >= 0.3 is 0 Å². The molecule has 4 nitrogen and oxygen atoms in total. The van der Waals surface area contributed by atoms with E-state index in [9.17, 15) is 4.79 Å². The third kappa shape index (κ3) is 4.71. The zero-order valence-corrected chi connectivity index (χ0v) is 13.8. The molecule has 0 aromatic rings. The number of hydrogen-bond acceptors (Lipinski definition) is 3. The fourth-order valence-corrected chi connectivity index (χ4v) is 3.33. The molecule has 0 radical (unpaired) electrons. The number of rotatable bonds is 4. The molecule has 0 bridgehead atoms. The summed E-state index contributed by atoms with van der Waals surface area (Å²) < 4.78 is 0. The minimum atomic E-state index is -0.348. The van der Waals surface area contributed by atoms with Crippen molar-refractivity contribution >= 4 is 22.8 Å². The highest BCUT2D eigenvalue weighted by atomic mass is 32.2. The molecule has 1 saturated heterocycles. The van der Waals surface area contributed by atoms with Crippen molar-refractivity contribution < 1.29 is 4.79 Å². The van der Waals surface area contributed by atoms with E-state index in [2.05, 4.69) is 29.5 Å². The van der Waals surface area contributed by atoms with E-state index in [0.29, 0.717) is 0 Å². The van der Waals surface area contributed by atoms with Crippen molar-refractivity contribution in [3.05, 3.63) is 0 Å². The number of nitrogens with one attached hydrogen (secondary N) is 2. The van der Waals surface area contributed by atoms with Crippen LogP contribution < -0.4 is 10.6 Å². The molecule has 1 rings (SSSR count). The number of hydrogen-bond donors (Lipinski definition) is 2. The highest BCUT2D eigenvalue weighted by molar-refractivity contribution is 8.14. The van der Waals surface area contributed by atoms with E-state index in [4.69, 9.17) is 0 Å². The maximum absolute atomic E-state index is 12.0. The van der Waals surface area contributed by atoms with E-state index in [-0.39, 0.29) is 23.0 Å². The molecule has 0 spiro atoms. The van der Waals surface area contributed by atoms with Crippen molar-refractivity contribution in [2.75, 3.05) is 5.75 Å². The molecular weight excluding hydrogens is 258 g/mol. The second kappa shape index (κ2) is 6.16. The number of carbonyl (C=O) groups excluding carboxylic acids is 1. The van der Waals surface area contributed by atoms with Crippen LogP contribution in [0, 0.1) is 0 Å². The van der Waals surface area contributed by atoms with E-state index in [0.717, 1.165) is 23.8 Å². The van der Waals surface area contributed by atoms with Crippen LogP contribution in [-0.2, 0) is 4.79 Å². The summed E-state index contributed by atoms with van der Waals surface area (Å²) in [6.45, 7) is 12.2. The Hall–Kier alpha value is -0.710. The summed E-state index contributed by atoms with van der Waals surface area (Å²) >= 11 is 1.72. The Balaban J connectivity index is 2.64. The monoisotopic (exact) mass is 285 g/mol. The average Bonchev–Trinajstić information content (AvgIpc) is 2.71. The summed E-state index contributed by atoms with van der Waals surface area (Å²) in [6, 6.07) is -0.348. The molecule has 2 N–H and O–H groups in total. The van der Waals surface area contributed by atoms with Crippen LogP contribution in [0.3, 0.4) is 0 Å². The van der Waals surface area contributed by atoms with Crippen LogP contribution in [0.2, 0.25) is 0 Å². The topological polar surface area (TPSA) is 53.5 Å². The van der Waals surface area contributed by atoms with Crippen LogP contribution in [0.1, 0.15) is 54.4 Å². The number of nitrogens with zero attached hydrogens (tertiary/aromatic N) is 1. The smallest absolute Gasteiger partial charge is 0.245 e. The van der Waals surface area contributed by atoms with Crippen molar-refractivity contribution in [2.45, 2.75) is 71.5 Å². The number of amidine groups is 1. The Morgan fingerprint density at radius 1 is 1.47 bits per heavy atom. The fraction of sp³-hybridized carbons (Fsp3) is 0.857. The van der Waals surface area contributed by atoms with Crippen LogP contribution in [0.25, 0.3) is 0 Å². The van der Waals surface area contributed by atoms with Gasteiger partial charge in [0.1, 0.15) is 6.04 Å². The summed E-state index contributed by atoms with van der Waals surface area (Å²) in [5.74, 6) is 1.01. The van der Waals surface area contributed by atoms with Crippen LogP contribution in [0.15, 0.2) is 4.99 Å². The molecule has 110 valence electrons. The first-order valence-electron chi connectivity index (χ1n) is 7.02. The maximum atomic E-state index is 12.0. The summed E-state index contributed by atoms with van der Waals surface area (Å²) in [4.78, 5) is 16.5. The summed E-state index contributed by atoms with van der Waals surface area (Å²) in [7, 11) is 0. The van der Waals surface area contributed by atoms with Gasteiger partial charge in [-0.1, -0.05) is 25.6 Å². The normalized spacial score (nSPS) is 22.1. The lowest BCUT2D eigenvalue weighted by Crippen LogP contribution is -2.45. The van der Waals surface area contributed by atoms with Gasteiger partial charge in [0.25, 0.3) is 0 Å². The van der Waals surface area contributed by atoms with Gasteiger partial charge in [-0.25, -0.2) is 4.99 Å². The van der Waals surface area contributed by atoms with E-state index >= 15 is 0 Å². The molecule has 1 atom stereocenters. The number of aliphatic imine (C=N–C) groups is 1. The quantitative estimate of drug-likeness (QED) is 0.834. The van der Waals surface area contributed by atoms with Crippen molar-refractivity contribution in [2.24, 2.45) is 4.99 Å². The van der Waals surface area contributed by atoms with E-state index in [1.807, 2.05) is 27.7 Å². The van der Waals surface area contributed by atoms with Gasteiger partial charge in [0, 0.05) is 16.8 Å². The standard InChI is InChI=1S/C14H27N3OS/c1-7-14(8-2)9-19-12(17-14)15-10(3)11(18)16-13(4,5)6/h10H,7-9H2,1-6H3,(H,15,17)(H,16,18). The second-order valence-corrected chi connectivity index (χ2v) is 7.21. The molecule has 1 unspecified atom stereocenters. The highest BCUT2D eigenvalue weighted by Gasteiger charge is 2.34. The van der Waals surface area contributed by atoms with Gasteiger partial charge in [0.05, 0.1) is 0 Å². The predicted octanol–water partition coefficient (Wildman–Crippen LogP) is 2.54. The molecule has 0 saturated carbocycles. The Morgan fingerprint density at radius 2 is 2.05 bits per heavy atom. The van der Waals surface area contributed by atoms with E-state index < -0.39 is 0 Å². The fourth-order valence-electron chi connectivity index (χ4n) is 1.91. The van der Waals surface area contributed by atoms with Gasteiger partial charge in [-0.05, 0) is 40.5 Å². The summed E-state index contributed by atoms with van der Waals surface area (Å²) in [5, 5.41) is 7.35. The highest BCUT2D eigenvalue weighted by Crippen LogP contribution is 2.29. The molecule has 0 aliphatic carbocycles. The van der Waals surface area contributed by atoms with Crippen LogP contribution in [0.4, 0.5) is 0 Å². The zero-order valence-electron chi connectivity index (χ0n) is 13.0. The van der Waals surface area contributed by atoms with Gasteiger partial charge in [-0.3, -0.25) is 4.79 Å². The van der Waals surface area contributed by atoms with Gasteiger partial charge in [0.2, 0.25) is 5.91 Å². The Morgan fingerprint density at radius 3 is 2.47 bits per heavy atom. The summed E-state index contributed by atoms with van der Waals surface area (Å²) in [5.41, 5.74) is -0.0535. The van der Waals surface area contributed by atoms with Crippen LogP contribution in [0.5, 0.6) is 0 Å². The first kappa shape index (κ1) is 16.3. The zero-order chi connectivity index (χ0) is 14.7. The lowest BCUT2D eigenvalue weighted by atomic mass is 9.96. The Kier molecular flexibility index (Phi) is 5.30. The number of thioether (sulfide) groups is 1. The molecule has 0 aromatic carbocycles. The molecule has 1 fully saturated rings. The van der Waals surface area contributed by atoms with Gasteiger partial charge < -0.3 is 10.6 Å². The molecule has 0 aromatic heterocycles. The van der Waals surface area contributed by atoms with Crippen molar-refractivity contribution in [1.29, 1.82) is 0 Å². The maximum Gasteiger partial charge on any atom is 0.245 e. The van der Waals surface area contributed by atoms with Gasteiger partial charge in [-0.15, -0.1) is 0 Å². The molecule has 19 heavy (non-hydrogen) atoms. The Bertz CT molecular complexity index is 356. The summed E-state index contributed by atoms with van der Waals surface area (Å²) in [6.07, 6.45) is 2.16. The second-order valence-electron chi connectivity index (χ2n) is 6.25. The predicted molar refractivity (Wildman–Crippen MR) is 83.7 cm³/mol. The molecule has 1 aliphatic heterocycles. The molecule has 1 aliphatic rings. The Labute approximate surface area is 121 Å². The molecule has 1 heterocycles. The molecule has 1 amide bonds.